The number of hydrogen-bond acceptors (Lipinski definition) is 4. The number of likely N-dealkylation sites (tertiary alicyclic amines) is 1. The molecule has 2 fully saturated rings. The second-order valence-corrected chi connectivity index (χ2v) is 6.61. The molecule has 2 aliphatic heterocycles. The second-order valence-electron chi connectivity index (χ2n) is 6.61. The molecule has 19 heavy (non-hydrogen) atoms. The summed E-state index contributed by atoms with van der Waals surface area (Å²) in [6.07, 6.45) is 4.61. The highest BCUT2D eigenvalue weighted by molar-refractivity contribution is 5.02. The number of aliphatic hydroxyl groups is 1. The second kappa shape index (κ2) is 6.08. The lowest BCUT2D eigenvalue weighted by Gasteiger charge is -2.49. The summed E-state index contributed by atoms with van der Waals surface area (Å²) in [5.41, 5.74) is 5.34. The minimum atomic E-state index is -0.602. The molecule has 3 N–H and O–H groups in total. The van der Waals surface area contributed by atoms with Crippen LogP contribution in [0.25, 0.3) is 0 Å². The van der Waals surface area contributed by atoms with Crippen molar-refractivity contribution in [3.8, 4) is 0 Å². The molecule has 2 heterocycles. The molecule has 2 rings (SSSR count). The number of nitrogens with two attached hydrogens (primary N) is 1. The third-order valence-corrected chi connectivity index (χ3v) is 5.41. The van der Waals surface area contributed by atoms with Crippen LogP contribution in [0, 0.1) is 5.41 Å². The van der Waals surface area contributed by atoms with Crippen LogP contribution in [0.4, 0.5) is 0 Å². The smallest absolute Gasteiger partial charge is 0.0730 e. The molecule has 4 heteroatoms. The van der Waals surface area contributed by atoms with Crippen LogP contribution in [0.3, 0.4) is 0 Å². The maximum Gasteiger partial charge on any atom is 0.0730 e. The zero-order valence-electron chi connectivity index (χ0n) is 12.5. The lowest BCUT2D eigenvalue weighted by Crippen LogP contribution is -2.55. The van der Waals surface area contributed by atoms with Crippen molar-refractivity contribution in [2.75, 3.05) is 32.8 Å². The lowest BCUT2D eigenvalue weighted by molar-refractivity contribution is -0.135. The topological polar surface area (TPSA) is 58.7 Å². The van der Waals surface area contributed by atoms with Crippen molar-refractivity contribution in [3.63, 3.8) is 0 Å². The SMILES string of the molecule is CC(C)N1CCCC(O)(C2(CN)CCOCC2)CC1. The van der Waals surface area contributed by atoms with Gasteiger partial charge in [-0.2, -0.15) is 0 Å². The Balaban J connectivity index is 2.11. The van der Waals surface area contributed by atoms with Gasteiger partial charge in [-0.25, -0.2) is 0 Å². The van der Waals surface area contributed by atoms with Crippen molar-refractivity contribution in [2.45, 2.75) is 57.6 Å². The first-order chi connectivity index (χ1) is 9.03. The molecule has 2 aliphatic rings. The van der Waals surface area contributed by atoms with Gasteiger partial charge in [0, 0.05) is 37.8 Å². The largest absolute Gasteiger partial charge is 0.389 e. The third kappa shape index (κ3) is 2.97. The molecule has 0 bridgehead atoms. The van der Waals surface area contributed by atoms with Gasteiger partial charge in [0.25, 0.3) is 0 Å². The van der Waals surface area contributed by atoms with Crippen LogP contribution in [0.2, 0.25) is 0 Å². The zero-order valence-corrected chi connectivity index (χ0v) is 12.5. The fourth-order valence-electron chi connectivity index (χ4n) is 3.81. The molecule has 0 saturated carbocycles. The van der Waals surface area contributed by atoms with E-state index in [1.54, 1.807) is 0 Å². The molecule has 0 aromatic carbocycles. The Hall–Kier alpha value is -0.160. The monoisotopic (exact) mass is 270 g/mol. The van der Waals surface area contributed by atoms with Crippen molar-refractivity contribution in [1.29, 1.82) is 0 Å². The minimum absolute atomic E-state index is 0.127. The van der Waals surface area contributed by atoms with Gasteiger partial charge in [-0.3, -0.25) is 0 Å². The van der Waals surface area contributed by atoms with E-state index in [0.717, 1.165) is 58.4 Å². The van der Waals surface area contributed by atoms with Crippen molar-refractivity contribution >= 4 is 0 Å². The van der Waals surface area contributed by atoms with Gasteiger partial charge < -0.3 is 20.5 Å². The maximum absolute atomic E-state index is 11.3. The minimum Gasteiger partial charge on any atom is -0.389 e. The van der Waals surface area contributed by atoms with Crippen LogP contribution in [-0.4, -0.2) is 54.5 Å². The first-order valence-corrected chi connectivity index (χ1v) is 7.77. The summed E-state index contributed by atoms with van der Waals surface area (Å²) in [7, 11) is 0. The predicted octanol–water partition coefficient (Wildman–Crippen LogP) is 1.37. The van der Waals surface area contributed by atoms with Gasteiger partial charge in [0.15, 0.2) is 0 Å². The predicted molar refractivity (Wildman–Crippen MR) is 77.1 cm³/mol. The van der Waals surface area contributed by atoms with E-state index in [0.29, 0.717) is 12.6 Å². The highest BCUT2D eigenvalue weighted by Crippen LogP contribution is 2.45. The van der Waals surface area contributed by atoms with E-state index in [-0.39, 0.29) is 5.41 Å². The van der Waals surface area contributed by atoms with Gasteiger partial charge in [0.1, 0.15) is 0 Å². The van der Waals surface area contributed by atoms with E-state index in [2.05, 4.69) is 18.7 Å². The standard InChI is InChI=1S/C15H30N2O2/c1-13(2)17-8-3-4-15(18,5-9-17)14(12-16)6-10-19-11-7-14/h13,18H,3-12,16H2,1-2H3. The van der Waals surface area contributed by atoms with Gasteiger partial charge in [-0.1, -0.05) is 0 Å². The summed E-state index contributed by atoms with van der Waals surface area (Å²) >= 11 is 0. The van der Waals surface area contributed by atoms with Crippen molar-refractivity contribution < 1.29 is 9.84 Å². The number of rotatable bonds is 3. The van der Waals surface area contributed by atoms with Crippen LogP contribution in [0.15, 0.2) is 0 Å². The Kier molecular flexibility index (Phi) is 4.88. The normalized spacial score (nSPS) is 33.3. The van der Waals surface area contributed by atoms with Crippen LogP contribution in [0.5, 0.6) is 0 Å². The molecule has 0 aliphatic carbocycles. The quantitative estimate of drug-likeness (QED) is 0.813. The molecule has 0 aromatic heterocycles. The highest BCUT2D eigenvalue weighted by Gasteiger charge is 2.50. The Bertz CT molecular complexity index is 290. The molecule has 4 nitrogen and oxygen atoms in total. The molecule has 0 radical (unpaired) electrons. The number of ether oxygens (including phenoxy) is 1. The van der Waals surface area contributed by atoms with Crippen LogP contribution in [-0.2, 0) is 4.74 Å². The van der Waals surface area contributed by atoms with Crippen molar-refractivity contribution in [2.24, 2.45) is 11.1 Å². The first-order valence-electron chi connectivity index (χ1n) is 7.77. The molecule has 1 unspecified atom stereocenters. The molecule has 0 spiro atoms. The zero-order chi connectivity index (χ0) is 13.9. The van der Waals surface area contributed by atoms with E-state index in [9.17, 15) is 5.11 Å². The summed E-state index contributed by atoms with van der Waals surface area (Å²) in [6, 6.07) is 0.561. The molecule has 2 saturated heterocycles. The average molecular weight is 270 g/mol. The average Bonchev–Trinajstić information content (AvgIpc) is 2.63. The molecule has 1 atom stereocenters. The summed E-state index contributed by atoms with van der Waals surface area (Å²) in [6.45, 7) is 8.61. The summed E-state index contributed by atoms with van der Waals surface area (Å²) < 4.78 is 5.48. The Morgan fingerprint density at radius 2 is 1.84 bits per heavy atom. The van der Waals surface area contributed by atoms with E-state index < -0.39 is 5.60 Å². The van der Waals surface area contributed by atoms with Crippen LogP contribution in [0.1, 0.15) is 46.0 Å². The van der Waals surface area contributed by atoms with Gasteiger partial charge in [-0.15, -0.1) is 0 Å². The highest BCUT2D eigenvalue weighted by atomic mass is 16.5. The molecule has 0 amide bonds. The Morgan fingerprint density at radius 1 is 1.16 bits per heavy atom. The van der Waals surface area contributed by atoms with E-state index in [1.165, 1.54) is 0 Å². The van der Waals surface area contributed by atoms with Crippen LogP contribution < -0.4 is 5.73 Å². The van der Waals surface area contributed by atoms with Gasteiger partial charge in [0.2, 0.25) is 0 Å². The third-order valence-electron chi connectivity index (χ3n) is 5.41. The number of hydrogen-bond donors (Lipinski definition) is 2. The van der Waals surface area contributed by atoms with Gasteiger partial charge in [-0.05, 0) is 52.5 Å². The summed E-state index contributed by atoms with van der Waals surface area (Å²) in [4.78, 5) is 2.47. The van der Waals surface area contributed by atoms with Crippen molar-refractivity contribution in [3.05, 3.63) is 0 Å². The molecular formula is C15H30N2O2. The van der Waals surface area contributed by atoms with E-state index in [1.807, 2.05) is 0 Å². The lowest BCUT2D eigenvalue weighted by atomic mass is 9.64. The Morgan fingerprint density at radius 3 is 2.42 bits per heavy atom. The summed E-state index contributed by atoms with van der Waals surface area (Å²) in [5, 5.41) is 11.3. The summed E-state index contributed by atoms with van der Waals surface area (Å²) in [5.74, 6) is 0. The van der Waals surface area contributed by atoms with Crippen LogP contribution >= 0.6 is 0 Å². The Labute approximate surface area is 117 Å². The number of nitrogens with zero attached hydrogens (tertiary/aromatic N) is 1. The van der Waals surface area contributed by atoms with Crippen molar-refractivity contribution in [1.82, 2.24) is 4.90 Å². The van der Waals surface area contributed by atoms with Gasteiger partial charge in [0.05, 0.1) is 5.60 Å². The fourth-order valence-corrected chi connectivity index (χ4v) is 3.81. The van der Waals surface area contributed by atoms with Gasteiger partial charge >= 0.3 is 0 Å². The molecule has 0 aromatic rings. The molecular weight excluding hydrogens is 240 g/mol. The van der Waals surface area contributed by atoms with E-state index in [4.69, 9.17) is 10.5 Å². The van der Waals surface area contributed by atoms with E-state index >= 15 is 0 Å². The maximum atomic E-state index is 11.3. The first kappa shape index (κ1) is 15.2. The fraction of sp³-hybridized carbons (Fsp3) is 1.00. The molecule has 112 valence electrons.